The van der Waals surface area contributed by atoms with Gasteiger partial charge in [0.2, 0.25) is 12.5 Å². The molecule has 0 radical (unpaired) electrons. The molecule has 7 nitrogen and oxygen atoms in total. The van der Waals surface area contributed by atoms with Crippen LogP contribution in [0.1, 0.15) is 22.8 Å². The zero-order valence-electron chi connectivity index (χ0n) is 13.9. The van der Waals surface area contributed by atoms with Crippen molar-refractivity contribution in [2.24, 2.45) is 5.10 Å². The number of ether oxygens (including phenoxy) is 4. The van der Waals surface area contributed by atoms with E-state index < -0.39 is 0 Å². The Bertz CT molecular complexity index is 787. The number of carbonyl (C=O) groups excluding carboxylic acids is 1. The van der Waals surface area contributed by atoms with Crippen molar-refractivity contribution in [3.63, 3.8) is 0 Å². The van der Waals surface area contributed by atoms with Gasteiger partial charge in [-0.2, -0.15) is 5.10 Å². The molecule has 1 aliphatic heterocycles. The van der Waals surface area contributed by atoms with Crippen molar-refractivity contribution in [1.82, 2.24) is 5.43 Å². The van der Waals surface area contributed by atoms with Crippen LogP contribution in [0, 0.1) is 0 Å². The fraction of sp³-hybridized carbons (Fsp3) is 0.222. The highest BCUT2D eigenvalue weighted by molar-refractivity contribution is 5.95. The maximum Gasteiger partial charge on any atom is 0.271 e. The molecule has 130 valence electrons. The van der Waals surface area contributed by atoms with Crippen molar-refractivity contribution < 1.29 is 23.7 Å². The van der Waals surface area contributed by atoms with Gasteiger partial charge in [-0.05, 0) is 43.3 Å². The van der Waals surface area contributed by atoms with E-state index in [1.54, 1.807) is 43.5 Å². The second kappa shape index (κ2) is 7.57. The molecular weight excluding hydrogens is 324 g/mol. The van der Waals surface area contributed by atoms with Crippen LogP contribution in [-0.2, 0) is 0 Å². The van der Waals surface area contributed by atoms with Crippen LogP contribution in [0.3, 0.4) is 0 Å². The van der Waals surface area contributed by atoms with Gasteiger partial charge in [0.1, 0.15) is 5.75 Å². The van der Waals surface area contributed by atoms with Crippen LogP contribution in [0.5, 0.6) is 23.0 Å². The third-order valence-corrected chi connectivity index (χ3v) is 3.49. The SMILES string of the molecule is CCOc1ccc(C(=O)N/N=C\c2cc(OC)c3c(c2)OCO3)cc1. The van der Waals surface area contributed by atoms with E-state index in [9.17, 15) is 4.79 Å². The normalized spacial score (nSPS) is 12.2. The molecule has 0 saturated heterocycles. The molecule has 1 aliphatic rings. The summed E-state index contributed by atoms with van der Waals surface area (Å²) in [6, 6.07) is 10.4. The van der Waals surface area contributed by atoms with Crippen LogP contribution in [0.4, 0.5) is 0 Å². The summed E-state index contributed by atoms with van der Waals surface area (Å²) in [6.45, 7) is 2.63. The Labute approximate surface area is 145 Å². The molecule has 0 fully saturated rings. The van der Waals surface area contributed by atoms with Crippen LogP contribution in [0.2, 0.25) is 0 Å². The van der Waals surface area contributed by atoms with Crippen molar-refractivity contribution in [2.45, 2.75) is 6.92 Å². The molecule has 3 rings (SSSR count). The molecule has 0 bridgehead atoms. The Kier molecular flexibility index (Phi) is 5.03. The van der Waals surface area contributed by atoms with Gasteiger partial charge in [-0.25, -0.2) is 5.43 Å². The van der Waals surface area contributed by atoms with Gasteiger partial charge in [0, 0.05) is 11.1 Å². The van der Waals surface area contributed by atoms with Crippen LogP contribution in [0.25, 0.3) is 0 Å². The van der Waals surface area contributed by atoms with Crippen molar-refractivity contribution in [3.8, 4) is 23.0 Å². The lowest BCUT2D eigenvalue weighted by Crippen LogP contribution is -2.17. The lowest BCUT2D eigenvalue weighted by atomic mass is 10.2. The fourth-order valence-electron chi connectivity index (χ4n) is 2.32. The number of nitrogens with zero attached hydrogens (tertiary/aromatic N) is 1. The maximum atomic E-state index is 12.1. The topological polar surface area (TPSA) is 78.4 Å². The van der Waals surface area contributed by atoms with Gasteiger partial charge in [-0.15, -0.1) is 0 Å². The first-order chi connectivity index (χ1) is 12.2. The molecule has 1 heterocycles. The number of fused-ring (bicyclic) bond motifs is 1. The number of hydrogen-bond acceptors (Lipinski definition) is 6. The zero-order valence-corrected chi connectivity index (χ0v) is 13.9. The lowest BCUT2D eigenvalue weighted by molar-refractivity contribution is 0.0955. The number of amides is 1. The highest BCUT2D eigenvalue weighted by atomic mass is 16.7. The highest BCUT2D eigenvalue weighted by Gasteiger charge is 2.19. The Morgan fingerprint density at radius 1 is 1.28 bits per heavy atom. The highest BCUT2D eigenvalue weighted by Crippen LogP contribution is 2.41. The quantitative estimate of drug-likeness (QED) is 0.645. The Morgan fingerprint density at radius 3 is 2.80 bits per heavy atom. The zero-order chi connectivity index (χ0) is 17.6. The van der Waals surface area contributed by atoms with Gasteiger partial charge >= 0.3 is 0 Å². The predicted octanol–water partition coefficient (Wildman–Crippen LogP) is 2.59. The average Bonchev–Trinajstić information content (AvgIpc) is 3.10. The second-order valence-corrected chi connectivity index (χ2v) is 5.11. The van der Waals surface area contributed by atoms with E-state index in [0.29, 0.717) is 35.0 Å². The van der Waals surface area contributed by atoms with E-state index in [0.717, 1.165) is 5.75 Å². The minimum atomic E-state index is -0.313. The summed E-state index contributed by atoms with van der Waals surface area (Å²) in [6.07, 6.45) is 1.51. The van der Waals surface area contributed by atoms with Gasteiger partial charge in [0.25, 0.3) is 5.91 Å². The minimum absolute atomic E-state index is 0.154. The molecule has 0 spiro atoms. The first-order valence-corrected chi connectivity index (χ1v) is 7.75. The van der Waals surface area contributed by atoms with Crippen molar-refractivity contribution in [3.05, 3.63) is 47.5 Å². The van der Waals surface area contributed by atoms with E-state index in [-0.39, 0.29) is 12.7 Å². The monoisotopic (exact) mass is 342 g/mol. The molecule has 25 heavy (non-hydrogen) atoms. The number of carbonyl (C=O) groups is 1. The maximum absolute atomic E-state index is 12.1. The number of hydrazone groups is 1. The standard InChI is InChI=1S/C18H18N2O5/c1-3-23-14-6-4-13(5-7-14)18(21)20-19-10-12-8-15(22-2)17-16(9-12)24-11-25-17/h4-10H,3,11H2,1-2H3,(H,20,21)/b19-10-. The van der Waals surface area contributed by atoms with Gasteiger partial charge in [0.05, 0.1) is 19.9 Å². The molecule has 0 aromatic heterocycles. The summed E-state index contributed by atoms with van der Waals surface area (Å²) in [5.41, 5.74) is 3.69. The summed E-state index contributed by atoms with van der Waals surface area (Å²) < 4.78 is 21.3. The van der Waals surface area contributed by atoms with Gasteiger partial charge in [-0.3, -0.25) is 4.79 Å². The van der Waals surface area contributed by atoms with Crippen LogP contribution in [0.15, 0.2) is 41.5 Å². The summed E-state index contributed by atoms with van der Waals surface area (Å²) in [5, 5.41) is 3.97. The van der Waals surface area contributed by atoms with Gasteiger partial charge in [-0.1, -0.05) is 0 Å². The first kappa shape index (κ1) is 16.6. The number of methoxy groups -OCH3 is 1. The van der Waals surface area contributed by atoms with Gasteiger partial charge < -0.3 is 18.9 Å². The van der Waals surface area contributed by atoms with Crippen LogP contribution in [-0.4, -0.2) is 32.6 Å². The third kappa shape index (κ3) is 3.82. The molecule has 2 aromatic rings. The summed E-state index contributed by atoms with van der Waals surface area (Å²) in [4.78, 5) is 12.1. The van der Waals surface area contributed by atoms with Crippen molar-refractivity contribution in [2.75, 3.05) is 20.5 Å². The lowest BCUT2D eigenvalue weighted by Gasteiger charge is -2.06. The summed E-state index contributed by atoms with van der Waals surface area (Å²) in [7, 11) is 1.55. The number of rotatable bonds is 6. The largest absolute Gasteiger partial charge is 0.494 e. The molecule has 0 aliphatic carbocycles. The third-order valence-electron chi connectivity index (χ3n) is 3.49. The second-order valence-electron chi connectivity index (χ2n) is 5.11. The number of benzene rings is 2. The predicted molar refractivity (Wildman–Crippen MR) is 91.8 cm³/mol. The van der Waals surface area contributed by atoms with E-state index in [4.69, 9.17) is 18.9 Å². The Morgan fingerprint density at radius 2 is 2.08 bits per heavy atom. The van der Waals surface area contributed by atoms with Crippen LogP contribution < -0.4 is 24.4 Å². The summed E-state index contributed by atoms with van der Waals surface area (Å²) in [5.74, 6) is 2.10. The van der Waals surface area contributed by atoms with E-state index in [2.05, 4.69) is 10.5 Å². The van der Waals surface area contributed by atoms with E-state index in [1.807, 2.05) is 6.92 Å². The van der Waals surface area contributed by atoms with Crippen molar-refractivity contribution in [1.29, 1.82) is 0 Å². The molecule has 2 aromatic carbocycles. The van der Waals surface area contributed by atoms with Gasteiger partial charge in [0.15, 0.2) is 11.5 Å². The molecule has 0 saturated carbocycles. The molecular formula is C18H18N2O5. The molecule has 1 amide bonds. The van der Waals surface area contributed by atoms with E-state index in [1.165, 1.54) is 6.21 Å². The number of nitrogens with one attached hydrogen (secondary N) is 1. The molecule has 7 heteroatoms. The minimum Gasteiger partial charge on any atom is -0.494 e. The van der Waals surface area contributed by atoms with Crippen molar-refractivity contribution >= 4 is 12.1 Å². The first-order valence-electron chi connectivity index (χ1n) is 7.75. The smallest absolute Gasteiger partial charge is 0.271 e. The molecule has 0 atom stereocenters. The fourth-order valence-corrected chi connectivity index (χ4v) is 2.32. The van der Waals surface area contributed by atoms with Crippen LogP contribution >= 0.6 is 0 Å². The average molecular weight is 342 g/mol. The summed E-state index contributed by atoms with van der Waals surface area (Å²) >= 11 is 0. The molecule has 0 unspecified atom stereocenters. The van der Waals surface area contributed by atoms with E-state index >= 15 is 0 Å². The Balaban J connectivity index is 1.65. The Hall–Kier alpha value is -3.22. The molecule has 1 N–H and O–H groups in total. The number of hydrogen-bond donors (Lipinski definition) is 1.